The first-order valence-corrected chi connectivity index (χ1v) is 5.36. The number of hydrogen-bond donors (Lipinski definition) is 2. The van der Waals surface area contributed by atoms with Crippen LogP contribution in [0, 0.1) is 29.1 Å². The second kappa shape index (κ2) is 6.53. The van der Waals surface area contributed by atoms with Crippen LogP contribution in [-0.4, -0.2) is 18.3 Å². The van der Waals surface area contributed by atoms with E-state index in [4.69, 9.17) is 5.11 Å². The number of unbranched alkanes of at least 4 members (excludes halogenated alkanes) is 2. The van der Waals surface area contributed by atoms with Crippen molar-refractivity contribution in [2.75, 3.05) is 18.5 Å². The van der Waals surface area contributed by atoms with Gasteiger partial charge in [-0.3, -0.25) is 0 Å². The van der Waals surface area contributed by atoms with Crippen molar-refractivity contribution in [1.29, 1.82) is 0 Å². The fourth-order valence-corrected chi connectivity index (χ4v) is 1.39. The molecule has 0 fully saturated rings. The molecule has 2 nitrogen and oxygen atoms in total. The summed E-state index contributed by atoms with van der Waals surface area (Å²) in [7, 11) is 0. The maximum atomic E-state index is 13.2. The molecule has 1 aromatic rings. The lowest BCUT2D eigenvalue weighted by Gasteiger charge is -2.10. The zero-order chi connectivity index (χ0) is 13.7. The van der Waals surface area contributed by atoms with Crippen LogP contribution in [0.5, 0.6) is 0 Å². The third-order valence-electron chi connectivity index (χ3n) is 2.35. The summed E-state index contributed by atoms with van der Waals surface area (Å²) in [5.74, 6) is -9.84. The maximum absolute atomic E-state index is 13.2. The number of nitrogens with one attached hydrogen (secondary N) is 1. The van der Waals surface area contributed by atoms with Crippen molar-refractivity contribution in [2.24, 2.45) is 0 Å². The molecule has 2 N–H and O–H groups in total. The van der Waals surface area contributed by atoms with Crippen LogP contribution in [0.15, 0.2) is 0 Å². The number of aliphatic hydroxyl groups excluding tert-OH is 1. The Hall–Kier alpha value is -1.37. The van der Waals surface area contributed by atoms with Gasteiger partial charge in [0.2, 0.25) is 5.82 Å². The van der Waals surface area contributed by atoms with E-state index in [1.807, 2.05) is 0 Å². The van der Waals surface area contributed by atoms with E-state index in [1.165, 1.54) is 0 Å². The summed E-state index contributed by atoms with van der Waals surface area (Å²) in [6.45, 7) is 0.0425. The summed E-state index contributed by atoms with van der Waals surface area (Å²) in [6, 6.07) is 0. The molecular formula is C11H12F5NO. The van der Waals surface area contributed by atoms with Crippen molar-refractivity contribution in [3.63, 3.8) is 0 Å². The molecule has 0 atom stereocenters. The van der Waals surface area contributed by atoms with Crippen molar-refractivity contribution in [3.8, 4) is 0 Å². The standard InChI is InChI=1S/C11H12F5NO/c12-6-7(13)9(15)11(10(16)8(6)14)17-4-2-1-3-5-18/h17-18H,1-5H2. The molecule has 0 aliphatic carbocycles. The van der Waals surface area contributed by atoms with Gasteiger partial charge in [0.1, 0.15) is 5.69 Å². The van der Waals surface area contributed by atoms with Crippen molar-refractivity contribution in [2.45, 2.75) is 19.3 Å². The summed E-state index contributed by atoms with van der Waals surface area (Å²) >= 11 is 0. The van der Waals surface area contributed by atoms with Gasteiger partial charge in [-0.2, -0.15) is 0 Å². The average molecular weight is 269 g/mol. The molecule has 1 rings (SSSR count). The summed E-state index contributed by atoms with van der Waals surface area (Å²) in [6.07, 6.45) is 1.54. The fraction of sp³-hybridized carbons (Fsp3) is 0.455. The number of hydrogen-bond acceptors (Lipinski definition) is 2. The Bertz CT molecular complexity index is 395. The first-order valence-electron chi connectivity index (χ1n) is 5.36. The van der Waals surface area contributed by atoms with E-state index in [0.29, 0.717) is 19.3 Å². The largest absolute Gasteiger partial charge is 0.396 e. The van der Waals surface area contributed by atoms with E-state index in [0.717, 1.165) is 0 Å². The topological polar surface area (TPSA) is 32.3 Å². The second-order valence-corrected chi connectivity index (χ2v) is 3.66. The van der Waals surface area contributed by atoms with Gasteiger partial charge in [-0.1, -0.05) is 0 Å². The van der Waals surface area contributed by atoms with Gasteiger partial charge in [0.25, 0.3) is 0 Å². The van der Waals surface area contributed by atoms with Crippen LogP contribution in [0.25, 0.3) is 0 Å². The number of rotatable bonds is 6. The van der Waals surface area contributed by atoms with E-state index in [1.54, 1.807) is 0 Å². The van der Waals surface area contributed by atoms with Crippen molar-refractivity contribution in [1.82, 2.24) is 0 Å². The molecule has 7 heteroatoms. The van der Waals surface area contributed by atoms with Gasteiger partial charge < -0.3 is 10.4 Å². The molecular weight excluding hydrogens is 257 g/mol. The number of halogens is 5. The highest BCUT2D eigenvalue weighted by atomic mass is 19.2. The first kappa shape index (κ1) is 14.7. The minimum absolute atomic E-state index is 0.0114. The van der Waals surface area contributed by atoms with Gasteiger partial charge >= 0.3 is 0 Å². The molecule has 0 aliphatic rings. The predicted molar refractivity (Wildman–Crippen MR) is 55.7 cm³/mol. The molecule has 0 saturated heterocycles. The summed E-state index contributed by atoms with van der Waals surface area (Å²) < 4.78 is 64.6. The molecule has 0 aliphatic heterocycles. The van der Waals surface area contributed by atoms with Gasteiger partial charge in [0.05, 0.1) is 0 Å². The van der Waals surface area contributed by atoms with Crippen molar-refractivity contribution >= 4 is 5.69 Å². The molecule has 102 valence electrons. The van der Waals surface area contributed by atoms with Crippen molar-refractivity contribution < 1.29 is 27.1 Å². The third kappa shape index (κ3) is 3.10. The minimum Gasteiger partial charge on any atom is -0.396 e. The van der Waals surface area contributed by atoms with Gasteiger partial charge in [0, 0.05) is 13.2 Å². The summed E-state index contributed by atoms with van der Waals surface area (Å²) in [5, 5.41) is 10.7. The van der Waals surface area contributed by atoms with Gasteiger partial charge in [-0.05, 0) is 19.3 Å². The SMILES string of the molecule is OCCCCCNc1c(F)c(F)c(F)c(F)c1F. The highest BCUT2D eigenvalue weighted by Gasteiger charge is 2.25. The highest BCUT2D eigenvalue weighted by Crippen LogP contribution is 2.26. The zero-order valence-electron chi connectivity index (χ0n) is 9.37. The molecule has 0 bridgehead atoms. The van der Waals surface area contributed by atoms with Gasteiger partial charge in [0.15, 0.2) is 23.3 Å². The van der Waals surface area contributed by atoms with E-state index in [-0.39, 0.29) is 13.2 Å². The van der Waals surface area contributed by atoms with Gasteiger partial charge in [-0.25, -0.2) is 22.0 Å². The quantitative estimate of drug-likeness (QED) is 0.360. The Balaban J connectivity index is 2.77. The van der Waals surface area contributed by atoms with Crippen LogP contribution in [-0.2, 0) is 0 Å². The minimum atomic E-state index is -2.17. The lowest BCUT2D eigenvalue weighted by molar-refractivity contribution is 0.283. The van der Waals surface area contributed by atoms with Crippen LogP contribution in [0.2, 0.25) is 0 Å². The number of aliphatic hydroxyl groups is 1. The van der Waals surface area contributed by atoms with Gasteiger partial charge in [-0.15, -0.1) is 0 Å². The van der Waals surface area contributed by atoms with E-state index < -0.39 is 34.8 Å². The normalized spacial score (nSPS) is 10.8. The van der Waals surface area contributed by atoms with E-state index in [2.05, 4.69) is 5.32 Å². The van der Waals surface area contributed by atoms with E-state index >= 15 is 0 Å². The summed E-state index contributed by atoms with van der Waals surface area (Å²) in [4.78, 5) is 0. The molecule has 0 amide bonds. The zero-order valence-corrected chi connectivity index (χ0v) is 9.37. The summed E-state index contributed by atoms with van der Waals surface area (Å²) in [5.41, 5.74) is -1.02. The van der Waals surface area contributed by atoms with Crippen LogP contribution in [0.3, 0.4) is 0 Å². The molecule has 0 unspecified atom stereocenters. The average Bonchev–Trinajstić information content (AvgIpc) is 2.37. The Morgan fingerprint density at radius 2 is 1.22 bits per heavy atom. The Kier molecular flexibility index (Phi) is 5.33. The van der Waals surface area contributed by atoms with E-state index in [9.17, 15) is 22.0 Å². The second-order valence-electron chi connectivity index (χ2n) is 3.66. The van der Waals surface area contributed by atoms with Crippen LogP contribution in [0.4, 0.5) is 27.6 Å². The van der Waals surface area contributed by atoms with Crippen LogP contribution < -0.4 is 5.32 Å². The molecule has 18 heavy (non-hydrogen) atoms. The first-order chi connectivity index (χ1) is 8.50. The lowest BCUT2D eigenvalue weighted by Crippen LogP contribution is -2.11. The van der Waals surface area contributed by atoms with Crippen LogP contribution >= 0.6 is 0 Å². The monoisotopic (exact) mass is 269 g/mol. The predicted octanol–water partition coefficient (Wildman–Crippen LogP) is 2.96. The van der Waals surface area contributed by atoms with Crippen molar-refractivity contribution in [3.05, 3.63) is 29.1 Å². The lowest BCUT2D eigenvalue weighted by atomic mass is 10.2. The molecule has 0 heterocycles. The molecule has 0 aromatic heterocycles. The number of anilines is 1. The fourth-order valence-electron chi connectivity index (χ4n) is 1.39. The Morgan fingerprint density at radius 1 is 0.722 bits per heavy atom. The van der Waals surface area contributed by atoms with Crippen LogP contribution in [0.1, 0.15) is 19.3 Å². The number of benzene rings is 1. The highest BCUT2D eigenvalue weighted by molar-refractivity contribution is 5.47. The maximum Gasteiger partial charge on any atom is 0.200 e. The molecule has 0 spiro atoms. The molecule has 0 radical (unpaired) electrons. The smallest absolute Gasteiger partial charge is 0.200 e. The Morgan fingerprint density at radius 3 is 1.72 bits per heavy atom. The third-order valence-corrected chi connectivity index (χ3v) is 2.35. The molecule has 1 aromatic carbocycles. The Labute approximate surface area is 100 Å². The molecule has 0 saturated carbocycles.